The molecule has 0 bridgehead atoms. The van der Waals surface area contributed by atoms with Crippen LogP contribution in [-0.2, 0) is 9.53 Å². The monoisotopic (exact) mass is 208 g/mol. The highest BCUT2D eigenvalue weighted by Gasteiger charge is 2.05. The van der Waals surface area contributed by atoms with Gasteiger partial charge in [0.2, 0.25) is 0 Å². The molecule has 4 heteroatoms. The number of hydrogen-bond acceptors (Lipinski definition) is 2. The number of carboxylic acid groups (broad SMARTS) is 1. The predicted octanol–water partition coefficient (Wildman–Crippen LogP) is 1.38. The van der Waals surface area contributed by atoms with Gasteiger partial charge in [-0.05, 0) is 6.92 Å². The van der Waals surface area contributed by atoms with Gasteiger partial charge in [0.05, 0.1) is 18.0 Å². The molecular weight excluding hydrogens is 200 g/mol. The van der Waals surface area contributed by atoms with Crippen molar-refractivity contribution in [2.24, 2.45) is 0 Å². The molecule has 1 atom stereocenters. The van der Waals surface area contributed by atoms with Crippen molar-refractivity contribution in [2.45, 2.75) is 11.8 Å². The Bertz CT molecular complexity index is 151. The van der Waals surface area contributed by atoms with Gasteiger partial charge in [-0.3, -0.25) is 0 Å². The number of methoxy groups -OCH3 is 1. The molecule has 0 fully saturated rings. The molecule has 0 aromatic rings. The van der Waals surface area contributed by atoms with E-state index in [1.165, 1.54) is 7.11 Å². The molecule has 1 N–H and O–H groups in total. The summed E-state index contributed by atoms with van der Waals surface area (Å²) in [5.74, 6) is -0.587. The number of halogens is 1. The molecule has 0 saturated carbocycles. The highest BCUT2D eigenvalue weighted by atomic mass is 79.9. The van der Waals surface area contributed by atoms with Gasteiger partial charge in [-0.1, -0.05) is 15.9 Å². The summed E-state index contributed by atoms with van der Waals surface area (Å²) in [7, 11) is 1.44. The van der Waals surface area contributed by atoms with Crippen LogP contribution in [0.4, 0.5) is 0 Å². The van der Waals surface area contributed by atoms with Crippen LogP contribution in [0.2, 0.25) is 0 Å². The molecule has 0 heterocycles. The summed E-state index contributed by atoms with van der Waals surface area (Å²) in [5, 5.41) is 8.29. The second-order valence-electron chi connectivity index (χ2n) is 1.71. The molecule has 0 rings (SSSR count). The van der Waals surface area contributed by atoms with Crippen molar-refractivity contribution in [2.75, 3.05) is 7.11 Å². The van der Waals surface area contributed by atoms with Gasteiger partial charge >= 0.3 is 5.97 Å². The van der Waals surface area contributed by atoms with Crippen LogP contribution < -0.4 is 0 Å². The molecule has 0 saturated heterocycles. The maximum absolute atomic E-state index is 10.1. The van der Waals surface area contributed by atoms with Gasteiger partial charge in [0, 0.05) is 0 Å². The molecule has 0 aliphatic heterocycles. The van der Waals surface area contributed by atoms with E-state index in [-0.39, 0.29) is 4.83 Å². The zero-order valence-electron chi connectivity index (χ0n) is 5.80. The van der Waals surface area contributed by atoms with Crippen LogP contribution in [0, 0.1) is 0 Å². The molecule has 10 heavy (non-hydrogen) atoms. The summed E-state index contributed by atoms with van der Waals surface area (Å²) in [4.78, 5) is 10.0. The van der Waals surface area contributed by atoms with E-state index >= 15 is 0 Å². The fourth-order valence-corrected chi connectivity index (χ4v) is 0.777. The number of rotatable bonds is 3. The van der Waals surface area contributed by atoms with Gasteiger partial charge in [-0.15, -0.1) is 0 Å². The topological polar surface area (TPSA) is 46.5 Å². The average molecular weight is 209 g/mol. The summed E-state index contributed by atoms with van der Waals surface area (Å²) < 4.78 is 4.76. The molecule has 0 radical (unpaired) electrons. The Morgan fingerprint density at radius 1 is 1.80 bits per heavy atom. The van der Waals surface area contributed by atoms with E-state index in [1.807, 2.05) is 0 Å². The average Bonchev–Trinajstić information content (AvgIpc) is 1.81. The number of carbonyl (C=O) groups is 1. The van der Waals surface area contributed by atoms with Crippen molar-refractivity contribution in [3.8, 4) is 0 Å². The predicted molar refractivity (Wildman–Crippen MR) is 41.1 cm³/mol. The van der Waals surface area contributed by atoms with Gasteiger partial charge in [-0.2, -0.15) is 0 Å². The van der Waals surface area contributed by atoms with Gasteiger partial charge < -0.3 is 9.84 Å². The van der Waals surface area contributed by atoms with Crippen LogP contribution in [-0.4, -0.2) is 23.0 Å². The Morgan fingerprint density at radius 3 is 2.40 bits per heavy atom. The van der Waals surface area contributed by atoms with Crippen molar-refractivity contribution in [3.63, 3.8) is 0 Å². The highest BCUT2D eigenvalue weighted by molar-refractivity contribution is 9.09. The molecule has 58 valence electrons. The minimum absolute atomic E-state index is 0.0615. The first-order chi connectivity index (χ1) is 4.57. The minimum Gasteiger partial charge on any atom is -0.500 e. The quantitative estimate of drug-likeness (QED) is 0.434. The van der Waals surface area contributed by atoms with Crippen LogP contribution in [0.15, 0.2) is 11.8 Å². The lowest BCUT2D eigenvalue weighted by Crippen LogP contribution is -2.02. The minimum atomic E-state index is -0.997. The molecule has 1 unspecified atom stereocenters. The lowest BCUT2D eigenvalue weighted by atomic mass is 10.3. The van der Waals surface area contributed by atoms with Crippen molar-refractivity contribution in [1.29, 1.82) is 0 Å². The first-order valence-corrected chi connectivity index (χ1v) is 3.62. The zero-order chi connectivity index (χ0) is 8.15. The van der Waals surface area contributed by atoms with Crippen molar-refractivity contribution in [1.82, 2.24) is 0 Å². The van der Waals surface area contributed by atoms with Crippen LogP contribution in [0.5, 0.6) is 0 Å². The zero-order valence-corrected chi connectivity index (χ0v) is 7.38. The molecule has 0 spiro atoms. The van der Waals surface area contributed by atoms with E-state index in [0.717, 1.165) is 6.08 Å². The lowest BCUT2D eigenvalue weighted by Gasteiger charge is -2.05. The number of allylic oxidation sites excluding steroid dienone is 1. The third kappa shape index (κ3) is 3.50. The Labute approximate surface area is 67.8 Å². The first kappa shape index (κ1) is 9.49. The SMILES string of the molecule is COC(=CC(=O)O)C(C)Br. The molecule has 3 nitrogen and oxygen atoms in total. The maximum Gasteiger partial charge on any atom is 0.331 e. The summed E-state index contributed by atoms with van der Waals surface area (Å²) in [6.07, 6.45) is 1.03. The van der Waals surface area contributed by atoms with Crippen molar-refractivity contribution >= 4 is 21.9 Å². The Balaban J connectivity index is 4.18. The summed E-state index contributed by atoms with van der Waals surface area (Å²) in [6, 6.07) is 0. The molecular formula is C6H9BrO3. The second-order valence-corrected chi connectivity index (χ2v) is 3.08. The first-order valence-electron chi connectivity index (χ1n) is 2.70. The van der Waals surface area contributed by atoms with Crippen LogP contribution in [0.3, 0.4) is 0 Å². The largest absolute Gasteiger partial charge is 0.500 e. The van der Waals surface area contributed by atoms with Crippen molar-refractivity contribution < 1.29 is 14.6 Å². The van der Waals surface area contributed by atoms with Crippen molar-refractivity contribution in [3.05, 3.63) is 11.8 Å². The molecule has 0 aromatic heterocycles. The highest BCUT2D eigenvalue weighted by Crippen LogP contribution is 2.10. The van der Waals surface area contributed by atoms with Gasteiger partial charge in [-0.25, -0.2) is 4.79 Å². The lowest BCUT2D eigenvalue weighted by molar-refractivity contribution is -0.131. The fraction of sp³-hybridized carbons (Fsp3) is 0.500. The molecule has 0 aliphatic carbocycles. The maximum atomic E-state index is 10.1. The summed E-state index contributed by atoms with van der Waals surface area (Å²) in [6.45, 7) is 1.79. The molecule has 0 amide bonds. The Morgan fingerprint density at radius 2 is 2.30 bits per heavy atom. The number of hydrogen-bond donors (Lipinski definition) is 1. The fourth-order valence-electron chi connectivity index (χ4n) is 0.458. The van der Waals surface area contributed by atoms with E-state index in [2.05, 4.69) is 15.9 Å². The number of ether oxygens (including phenoxy) is 1. The van der Waals surface area contributed by atoms with Gasteiger partial charge in [0.15, 0.2) is 0 Å². The van der Waals surface area contributed by atoms with E-state index in [0.29, 0.717) is 5.76 Å². The van der Waals surface area contributed by atoms with E-state index in [1.54, 1.807) is 6.92 Å². The second kappa shape index (κ2) is 4.33. The third-order valence-corrected chi connectivity index (χ3v) is 1.34. The number of carboxylic acids is 1. The molecule has 0 aromatic carbocycles. The van der Waals surface area contributed by atoms with Crippen LogP contribution in [0.1, 0.15) is 6.92 Å². The standard InChI is InChI=1S/C6H9BrO3/c1-4(7)5(10-2)3-6(8)9/h3-4H,1-2H3,(H,8,9). The van der Waals surface area contributed by atoms with Gasteiger partial charge in [0.25, 0.3) is 0 Å². The molecule has 0 aliphatic rings. The summed E-state index contributed by atoms with van der Waals surface area (Å²) in [5.41, 5.74) is 0. The smallest absolute Gasteiger partial charge is 0.331 e. The van der Waals surface area contributed by atoms with E-state index < -0.39 is 5.97 Å². The number of aliphatic carboxylic acids is 1. The van der Waals surface area contributed by atoms with Gasteiger partial charge in [0.1, 0.15) is 5.76 Å². The Hall–Kier alpha value is -0.510. The van der Waals surface area contributed by atoms with E-state index in [9.17, 15) is 4.79 Å². The third-order valence-electron chi connectivity index (χ3n) is 0.893. The van der Waals surface area contributed by atoms with Crippen LogP contribution in [0.25, 0.3) is 0 Å². The summed E-state index contributed by atoms with van der Waals surface area (Å²) >= 11 is 3.17. The Kier molecular flexibility index (Phi) is 4.11. The number of alkyl halides is 1. The van der Waals surface area contributed by atoms with Crippen LogP contribution >= 0.6 is 15.9 Å². The normalized spacial score (nSPS) is 14.5. The van der Waals surface area contributed by atoms with E-state index in [4.69, 9.17) is 9.84 Å².